The van der Waals surface area contributed by atoms with Crippen LogP contribution in [0.1, 0.15) is 31.9 Å². The van der Waals surface area contributed by atoms with Gasteiger partial charge in [0, 0.05) is 19.0 Å². The zero-order chi connectivity index (χ0) is 27.7. The summed E-state index contributed by atoms with van der Waals surface area (Å²) in [5.41, 5.74) is 3.09. The van der Waals surface area contributed by atoms with Crippen LogP contribution in [-0.2, 0) is 17.8 Å². The Labute approximate surface area is 230 Å². The maximum Gasteiger partial charge on any atom is 0.410 e. The molecule has 8 nitrogen and oxygen atoms in total. The number of halogens is 1. The lowest BCUT2D eigenvalue weighted by atomic mass is 10.1. The molecule has 0 atom stereocenters. The molecule has 2 aromatic heterocycles. The zero-order valence-corrected chi connectivity index (χ0v) is 23.0. The predicted molar refractivity (Wildman–Crippen MR) is 153 cm³/mol. The van der Waals surface area contributed by atoms with Crippen LogP contribution in [0.3, 0.4) is 0 Å². The Bertz CT molecular complexity index is 1700. The van der Waals surface area contributed by atoms with Gasteiger partial charge in [0.1, 0.15) is 22.6 Å². The van der Waals surface area contributed by atoms with Gasteiger partial charge in [-0.15, -0.1) is 0 Å². The van der Waals surface area contributed by atoms with Crippen molar-refractivity contribution in [2.45, 2.75) is 39.5 Å². The quantitative estimate of drug-likeness (QED) is 0.239. The molecule has 0 fully saturated rings. The van der Waals surface area contributed by atoms with E-state index in [1.807, 2.05) is 93.6 Å². The molecule has 0 saturated heterocycles. The summed E-state index contributed by atoms with van der Waals surface area (Å²) in [6.07, 6.45) is -0.370. The zero-order valence-electron chi connectivity index (χ0n) is 22.2. The molecule has 200 valence electrons. The molecule has 9 heteroatoms. The fraction of sp³-hybridized carbons (Fsp3) is 0.233. The number of imidazole rings is 1. The molecule has 0 aliphatic carbocycles. The minimum Gasteiger partial charge on any atom is -0.457 e. The van der Waals surface area contributed by atoms with Crippen molar-refractivity contribution in [2.75, 3.05) is 7.05 Å². The number of nitrogens with one attached hydrogen (secondary N) is 1. The molecule has 5 rings (SSSR count). The van der Waals surface area contributed by atoms with Gasteiger partial charge in [0.05, 0.1) is 17.6 Å². The maximum atomic E-state index is 12.8. The molecule has 39 heavy (non-hydrogen) atoms. The van der Waals surface area contributed by atoms with Crippen LogP contribution in [0.5, 0.6) is 11.5 Å². The molecule has 0 radical (unpaired) electrons. The molecule has 2 heterocycles. The number of aromatic nitrogens is 3. The topological polar surface area (TPSA) is 89.5 Å². The lowest BCUT2D eigenvalue weighted by molar-refractivity contribution is 0.0285. The van der Waals surface area contributed by atoms with Crippen LogP contribution in [0.4, 0.5) is 4.79 Å². The van der Waals surface area contributed by atoms with E-state index in [1.54, 1.807) is 11.6 Å². The van der Waals surface area contributed by atoms with E-state index in [9.17, 15) is 9.59 Å². The first-order valence-electron chi connectivity index (χ1n) is 12.5. The Kier molecular flexibility index (Phi) is 7.06. The number of pyridine rings is 1. The Morgan fingerprint density at radius 2 is 1.59 bits per heavy atom. The highest BCUT2D eigenvalue weighted by molar-refractivity contribution is 6.35. The van der Waals surface area contributed by atoms with Gasteiger partial charge in [-0.3, -0.25) is 4.57 Å². The third-order valence-electron chi connectivity index (χ3n) is 6.12. The van der Waals surface area contributed by atoms with Crippen molar-refractivity contribution in [1.29, 1.82) is 0 Å². The monoisotopic (exact) mass is 544 g/mol. The van der Waals surface area contributed by atoms with E-state index in [1.165, 1.54) is 4.90 Å². The summed E-state index contributed by atoms with van der Waals surface area (Å²) in [6, 6.07) is 22.8. The number of hydrogen-bond acceptors (Lipinski definition) is 5. The van der Waals surface area contributed by atoms with Gasteiger partial charge in [0.2, 0.25) is 0 Å². The fourth-order valence-electron chi connectivity index (χ4n) is 4.31. The molecule has 5 aromatic rings. The molecule has 0 aliphatic rings. The van der Waals surface area contributed by atoms with Gasteiger partial charge < -0.3 is 19.4 Å². The number of aromatic amines is 1. The first-order valence-corrected chi connectivity index (χ1v) is 12.9. The highest BCUT2D eigenvalue weighted by Gasteiger charge is 2.20. The van der Waals surface area contributed by atoms with Gasteiger partial charge in [-0.2, -0.15) is 0 Å². The predicted octanol–water partition coefficient (Wildman–Crippen LogP) is 6.74. The number of nitrogens with zero attached hydrogens (tertiary/aromatic N) is 3. The second kappa shape index (κ2) is 10.5. The Morgan fingerprint density at radius 1 is 0.974 bits per heavy atom. The molecule has 0 saturated carbocycles. The molecule has 1 N–H and O–H groups in total. The van der Waals surface area contributed by atoms with Crippen LogP contribution in [0.15, 0.2) is 77.6 Å². The summed E-state index contributed by atoms with van der Waals surface area (Å²) in [6.45, 7) is 6.32. The fourth-order valence-corrected chi connectivity index (χ4v) is 4.53. The maximum absolute atomic E-state index is 12.8. The summed E-state index contributed by atoms with van der Waals surface area (Å²) < 4.78 is 13.1. The van der Waals surface area contributed by atoms with Crippen molar-refractivity contribution in [3.8, 4) is 11.5 Å². The van der Waals surface area contributed by atoms with Crippen LogP contribution >= 0.6 is 11.6 Å². The summed E-state index contributed by atoms with van der Waals surface area (Å²) >= 11 is 6.36. The van der Waals surface area contributed by atoms with E-state index >= 15 is 0 Å². The number of H-pyrrole nitrogens is 1. The number of carbonyl (C=O) groups is 1. The van der Waals surface area contributed by atoms with Crippen LogP contribution in [0, 0.1) is 0 Å². The van der Waals surface area contributed by atoms with Crippen molar-refractivity contribution in [3.05, 3.63) is 99.6 Å². The molecular weight excluding hydrogens is 516 g/mol. The van der Waals surface area contributed by atoms with Crippen LogP contribution < -0.4 is 10.4 Å². The minimum absolute atomic E-state index is 0.247. The number of fused-ring (bicyclic) bond motifs is 3. The van der Waals surface area contributed by atoms with E-state index in [4.69, 9.17) is 21.1 Å². The second-order valence-corrected chi connectivity index (χ2v) is 10.7. The first kappa shape index (κ1) is 26.3. The normalized spacial score (nSPS) is 11.6. The van der Waals surface area contributed by atoms with Crippen molar-refractivity contribution in [1.82, 2.24) is 19.4 Å². The minimum atomic E-state index is -0.538. The van der Waals surface area contributed by atoms with Crippen LogP contribution in [-0.4, -0.2) is 38.2 Å². The lowest BCUT2D eigenvalue weighted by Crippen LogP contribution is -2.33. The SMILES string of the molecule is CN(Cc1ccc(Oc2ccc(Cn3c(=O)[nH]c4c(Cl)nc5ccccc5c43)cc2)cc1)C(=O)OC(C)(C)C. The van der Waals surface area contributed by atoms with E-state index in [2.05, 4.69) is 9.97 Å². The molecule has 0 bridgehead atoms. The van der Waals surface area contributed by atoms with Gasteiger partial charge in [-0.25, -0.2) is 14.6 Å². The van der Waals surface area contributed by atoms with E-state index in [-0.39, 0.29) is 16.9 Å². The Morgan fingerprint density at radius 3 is 2.23 bits per heavy atom. The van der Waals surface area contributed by atoms with Crippen molar-refractivity contribution >= 4 is 39.6 Å². The third-order valence-corrected chi connectivity index (χ3v) is 6.39. The molecule has 0 spiro atoms. The van der Waals surface area contributed by atoms with E-state index < -0.39 is 5.60 Å². The van der Waals surface area contributed by atoms with E-state index in [0.717, 1.165) is 27.5 Å². The number of hydrogen-bond donors (Lipinski definition) is 1. The lowest BCUT2D eigenvalue weighted by Gasteiger charge is -2.24. The van der Waals surface area contributed by atoms with Crippen LogP contribution in [0.25, 0.3) is 21.9 Å². The Balaban J connectivity index is 1.27. The number of carbonyl (C=O) groups excluding carboxylic acids is 1. The second-order valence-electron chi connectivity index (χ2n) is 10.4. The number of benzene rings is 3. The smallest absolute Gasteiger partial charge is 0.410 e. The highest BCUT2D eigenvalue weighted by atomic mass is 35.5. The Hall–Kier alpha value is -4.30. The summed E-state index contributed by atoms with van der Waals surface area (Å²) in [5, 5.41) is 1.13. The molecule has 3 aromatic carbocycles. The van der Waals surface area contributed by atoms with Crippen molar-refractivity contribution in [3.63, 3.8) is 0 Å². The third kappa shape index (κ3) is 5.91. The van der Waals surface area contributed by atoms with Gasteiger partial charge in [-0.05, 0) is 62.2 Å². The number of ether oxygens (including phenoxy) is 2. The van der Waals surface area contributed by atoms with E-state index in [0.29, 0.717) is 30.1 Å². The molecule has 1 amide bonds. The average Bonchev–Trinajstić information content (AvgIpc) is 3.22. The summed E-state index contributed by atoms with van der Waals surface area (Å²) in [7, 11) is 1.71. The summed E-state index contributed by atoms with van der Waals surface area (Å²) in [5.74, 6) is 1.34. The van der Waals surface area contributed by atoms with Gasteiger partial charge in [0.15, 0.2) is 5.15 Å². The first-order chi connectivity index (χ1) is 18.6. The van der Waals surface area contributed by atoms with Crippen molar-refractivity contribution in [2.24, 2.45) is 0 Å². The van der Waals surface area contributed by atoms with Gasteiger partial charge in [0.25, 0.3) is 0 Å². The molecule has 0 unspecified atom stereocenters. The largest absolute Gasteiger partial charge is 0.457 e. The number of rotatable bonds is 6. The summed E-state index contributed by atoms with van der Waals surface area (Å²) in [4.78, 5) is 33.8. The standard InChI is InChI=1S/C30H29ClN4O4/c1-30(2,3)39-29(37)34(4)17-19-9-13-21(14-10-19)38-22-15-11-20(12-16-22)18-35-26-23-7-5-6-8-24(23)32-27(31)25(26)33-28(35)36/h5-16H,17-18H2,1-4H3,(H,33,36). The molecule has 0 aliphatic heterocycles. The van der Waals surface area contributed by atoms with Crippen molar-refractivity contribution < 1.29 is 14.3 Å². The van der Waals surface area contributed by atoms with Gasteiger partial charge >= 0.3 is 11.8 Å². The van der Waals surface area contributed by atoms with Crippen LogP contribution in [0.2, 0.25) is 5.15 Å². The van der Waals surface area contributed by atoms with Gasteiger partial charge in [-0.1, -0.05) is 54.1 Å². The highest BCUT2D eigenvalue weighted by Crippen LogP contribution is 2.28. The average molecular weight is 545 g/mol. The molecular formula is C30H29ClN4O4. The number of amides is 1. The number of para-hydroxylation sites is 1.